The Kier molecular flexibility index (Phi) is 5.15. The van der Waals surface area contributed by atoms with E-state index >= 15 is 0 Å². The van der Waals surface area contributed by atoms with Crippen LogP contribution >= 0.6 is 0 Å². The number of aromatic nitrogens is 2. The van der Waals surface area contributed by atoms with Gasteiger partial charge in [0.15, 0.2) is 5.82 Å². The Balaban J connectivity index is 1.29. The highest BCUT2D eigenvalue weighted by molar-refractivity contribution is 5.97. The number of rotatable bonds is 5. The van der Waals surface area contributed by atoms with Crippen LogP contribution in [0, 0.1) is 0 Å². The number of nitrogens with zero attached hydrogens (tertiary/aromatic N) is 3. The summed E-state index contributed by atoms with van der Waals surface area (Å²) in [5.74, 6) is 1.29. The van der Waals surface area contributed by atoms with Crippen molar-refractivity contribution in [3.05, 3.63) is 36.4 Å². The highest BCUT2D eigenvalue weighted by atomic mass is 16.5. The molecule has 0 spiro atoms. The van der Waals surface area contributed by atoms with E-state index in [1.54, 1.807) is 0 Å². The lowest BCUT2D eigenvalue weighted by Gasteiger charge is -2.36. The van der Waals surface area contributed by atoms with E-state index in [4.69, 9.17) is 15.2 Å². The van der Waals surface area contributed by atoms with Crippen LogP contribution in [0.2, 0.25) is 0 Å². The molecule has 6 rings (SSSR count). The first-order valence-corrected chi connectivity index (χ1v) is 11.9. The van der Waals surface area contributed by atoms with E-state index in [9.17, 15) is 0 Å². The zero-order chi connectivity index (χ0) is 21.5. The fourth-order valence-corrected chi connectivity index (χ4v) is 5.04. The standard InChI is InChI=1S/C25H31N5O2/c26-25-24-22(27-28-25)15-18(16-23(24)32-21-6-12-31-13-7-21)17-2-1-3-20(14-17)30-10-8-29(9-11-30)19-4-5-19/h1-3,14-16,19,21H,4-13H2,(H3,26,27,28). The number of nitrogens with one attached hydrogen (secondary N) is 1. The SMILES string of the molecule is Nc1n[nH]c2cc(-c3cccc(N4CCN(C5CC5)CC4)c3)cc(OC3CCOCC3)c12. The number of benzene rings is 2. The molecule has 2 saturated heterocycles. The van der Waals surface area contributed by atoms with E-state index in [-0.39, 0.29) is 6.10 Å². The number of H-pyrrole nitrogens is 1. The quantitative estimate of drug-likeness (QED) is 0.639. The van der Waals surface area contributed by atoms with Crippen LogP contribution in [0.25, 0.3) is 22.0 Å². The molecule has 3 aliphatic rings. The maximum absolute atomic E-state index is 6.42. The largest absolute Gasteiger partial charge is 0.489 e. The average molecular weight is 434 g/mol. The van der Waals surface area contributed by atoms with Gasteiger partial charge in [-0.3, -0.25) is 10.00 Å². The molecule has 32 heavy (non-hydrogen) atoms. The van der Waals surface area contributed by atoms with Gasteiger partial charge in [-0.05, 0) is 48.2 Å². The van der Waals surface area contributed by atoms with Gasteiger partial charge >= 0.3 is 0 Å². The van der Waals surface area contributed by atoms with E-state index < -0.39 is 0 Å². The minimum Gasteiger partial charge on any atom is -0.489 e. The summed E-state index contributed by atoms with van der Waals surface area (Å²) in [6.07, 6.45) is 4.70. The van der Waals surface area contributed by atoms with Gasteiger partial charge < -0.3 is 20.1 Å². The Bertz CT molecular complexity index is 1090. The molecule has 1 saturated carbocycles. The van der Waals surface area contributed by atoms with Crippen molar-refractivity contribution in [3.63, 3.8) is 0 Å². The maximum atomic E-state index is 6.42. The first-order valence-electron chi connectivity index (χ1n) is 11.9. The fraction of sp³-hybridized carbons (Fsp3) is 0.480. The molecule has 0 atom stereocenters. The summed E-state index contributed by atoms with van der Waals surface area (Å²) in [5.41, 5.74) is 10.7. The molecule has 3 aromatic rings. The highest BCUT2D eigenvalue weighted by Gasteiger charge is 2.31. The van der Waals surface area contributed by atoms with Crippen molar-refractivity contribution in [2.45, 2.75) is 37.8 Å². The number of hydrogen-bond donors (Lipinski definition) is 2. The van der Waals surface area contributed by atoms with Crippen LogP contribution in [-0.2, 0) is 4.74 Å². The van der Waals surface area contributed by atoms with Crippen molar-refractivity contribution in [1.29, 1.82) is 0 Å². The molecule has 7 nitrogen and oxygen atoms in total. The number of fused-ring (bicyclic) bond motifs is 1. The number of ether oxygens (including phenoxy) is 2. The molecule has 1 aromatic heterocycles. The van der Waals surface area contributed by atoms with Crippen LogP contribution < -0.4 is 15.4 Å². The summed E-state index contributed by atoms with van der Waals surface area (Å²) in [7, 11) is 0. The highest BCUT2D eigenvalue weighted by Crippen LogP contribution is 2.37. The van der Waals surface area contributed by atoms with Gasteiger partial charge in [0, 0.05) is 50.7 Å². The Morgan fingerprint density at radius 2 is 1.78 bits per heavy atom. The van der Waals surface area contributed by atoms with Crippen LogP contribution in [-0.4, -0.2) is 66.6 Å². The molecule has 3 N–H and O–H groups in total. The van der Waals surface area contributed by atoms with Gasteiger partial charge in [-0.1, -0.05) is 12.1 Å². The van der Waals surface area contributed by atoms with Crippen molar-refractivity contribution in [3.8, 4) is 16.9 Å². The van der Waals surface area contributed by atoms with E-state index in [0.717, 1.165) is 80.5 Å². The summed E-state index contributed by atoms with van der Waals surface area (Å²) in [4.78, 5) is 5.16. The Morgan fingerprint density at radius 3 is 2.56 bits per heavy atom. The maximum Gasteiger partial charge on any atom is 0.156 e. The molecule has 2 aromatic carbocycles. The third-order valence-corrected chi connectivity index (χ3v) is 7.04. The number of hydrogen-bond acceptors (Lipinski definition) is 6. The average Bonchev–Trinajstić information content (AvgIpc) is 3.62. The summed E-state index contributed by atoms with van der Waals surface area (Å²) in [5, 5.41) is 8.18. The molecular formula is C25H31N5O2. The molecule has 0 unspecified atom stereocenters. The summed E-state index contributed by atoms with van der Waals surface area (Å²) in [6.45, 7) is 5.99. The first kappa shape index (κ1) is 19.9. The second-order valence-electron chi connectivity index (χ2n) is 9.24. The van der Waals surface area contributed by atoms with Gasteiger partial charge in [-0.25, -0.2) is 0 Å². The van der Waals surface area contributed by atoms with Gasteiger partial charge in [0.2, 0.25) is 0 Å². The van der Waals surface area contributed by atoms with E-state index in [1.165, 1.54) is 24.1 Å². The van der Waals surface area contributed by atoms with Gasteiger partial charge in [-0.2, -0.15) is 5.10 Å². The van der Waals surface area contributed by atoms with Gasteiger partial charge in [0.05, 0.1) is 24.1 Å². The minimum absolute atomic E-state index is 0.144. The third kappa shape index (κ3) is 3.91. The topological polar surface area (TPSA) is 79.6 Å². The molecule has 7 heteroatoms. The number of nitrogens with two attached hydrogens (primary N) is 1. The molecule has 3 heterocycles. The van der Waals surface area contributed by atoms with Crippen LogP contribution in [0.1, 0.15) is 25.7 Å². The first-order chi connectivity index (χ1) is 15.7. The Morgan fingerprint density at radius 1 is 0.969 bits per heavy atom. The van der Waals surface area contributed by atoms with Crippen molar-refractivity contribution in [1.82, 2.24) is 15.1 Å². The van der Waals surface area contributed by atoms with Gasteiger partial charge in [-0.15, -0.1) is 0 Å². The smallest absolute Gasteiger partial charge is 0.156 e. The number of piperazine rings is 1. The van der Waals surface area contributed by atoms with Crippen molar-refractivity contribution in [2.75, 3.05) is 50.0 Å². The fourth-order valence-electron chi connectivity index (χ4n) is 5.04. The zero-order valence-electron chi connectivity index (χ0n) is 18.4. The summed E-state index contributed by atoms with van der Waals surface area (Å²) in [6, 6.07) is 13.9. The summed E-state index contributed by atoms with van der Waals surface area (Å²) >= 11 is 0. The third-order valence-electron chi connectivity index (χ3n) is 7.04. The van der Waals surface area contributed by atoms with Crippen molar-refractivity contribution < 1.29 is 9.47 Å². The number of anilines is 2. The molecular weight excluding hydrogens is 402 g/mol. The lowest BCUT2D eigenvalue weighted by molar-refractivity contribution is 0.0262. The molecule has 1 aliphatic carbocycles. The molecule has 2 aliphatic heterocycles. The summed E-state index contributed by atoms with van der Waals surface area (Å²) < 4.78 is 11.9. The second-order valence-corrected chi connectivity index (χ2v) is 9.24. The lowest BCUT2D eigenvalue weighted by atomic mass is 10.0. The van der Waals surface area contributed by atoms with Crippen LogP contribution in [0.4, 0.5) is 11.5 Å². The van der Waals surface area contributed by atoms with E-state index in [2.05, 4.69) is 56.4 Å². The molecule has 3 fully saturated rings. The van der Waals surface area contributed by atoms with Crippen LogP contribution in [0.15, 0.2) is 36.4 Å². The minimum atomic E-state index is 0.144. The normalized spacial score (nSPS) is 20.7. The molecule has 0 bridgehead atoms. The molecule has 0 radical (unpaired) electrons. The van der Waals surface area contributed by atoms with E-state index in [1.807, 2.05) is 0 Å². The number of nitrogen functional groups attached to an aromatic ring is 1. The Hall–Kier alpha value is -2.77. The van der Waals surface area contributed by atoms with Crippen molar-refractivity contribution in [2.24, 2.45) is 0 Å². The molecule has 0 amide bonds. The number of aromatic amines is 1. The van der Waals surface area contributed by atoms with Gasteiger partial charge in [0.1, 0.15) is 11.9 Å². The monoisotopic (exact) mass is 433 g/mol. The predicted octanol–water partition coefficient (Wildman–Crippen LogP) is 3.65. The van der Waals surface area contributed by atoms with E-state index in [0.29, 0.717) is 5.82 Å². The zero-order valence-corrected chi connectivity index (χ0v) is 18.4. The van der Waals surface area contributed by atoms with Crippen LogP contribution in [0.3, 0.4) is 0 Å². The molecule has 168 valence electrons. The predicted molar refractivity (Wildman–Crippen MR) is 127 cm³/mol. The lowest BCUT2D eigenvalue weighted by Crippen LogP contribution is -2.47. The second kappa shape index (κ2) is 8.30. The van der Waals surface area contributed by atoms with Crippen molar-refractivity contribution >= 4 is 22.4 Å². The van der Waals surface area contributed by atoms with Gasteiger partial charge in [0.25, 0.3) is 0 Å². The van der Waals surface area contributed by atoms with Crippen LogP contribution in [0.5, 0.6) is 5.75 Å². The Labute approximate surface area is 188 Å².